The molecule has 7 nitrogen and oxygen atoms in total. The molecule has 8 heteroatoms. The number of hydrogen-bond acceptors (Lipinski definition) is 5. The van der Waals surface area contributed by atoms with Crippen LogP contribution >= 0.6 is 15.9 Å². The molecular weight excluding hydrogens is 264 g/mol. The maximum absolute atomic E-state index is 11.5. The molecule has 0 atom stereocenters. The number of nitrogens with one attached hydrogen (secondary N) is 2. The SMILES string of the molecule is O=C(Nc1ccncc1Br)c1nn[nH]n1. The lowest BCUT2D eigenvalue weighted by atomic mass is 10.4. The van der Waals surface area contributed by atoms with Crippen LogP contribution in [0.2, 0.25) is 0 Å². The lowest BCUT2D eigenvalue weighted by molar-refractivity contribution is 0.101. The molecule has 0 aliphatic heterocycles. The second-order valence-electron chi connectivity index (χ2n) is 2.55. The van der Waals surface area contributed by atoms with E-state index >= 15 is 0 Å². The predicted octanol–water partition coefficient (Wildman–Crippen LogP) is 0.609. The van der Waals surface area contributed by atoms with Crippen LogP contribution in [0.4, 0.5) is 5.69 Å². The van der Waals surface area contributed by atoms with Crippen LogP contribution in [0.1, 0.15) is 10.6 Å². The number of anilines is 1. The molecule has 2 aromatic heterocycles. The van der Waals surface area contributed by atoms with E-state index in [0.29, 0.717) is 10.2 Å². The minimum absolute atomic E-state index is 0.0151. The van der Waals surface area contributed by atoms with E-state index < -0.39 is 5.91 Å². The number of pyridine rings is 1. The van der Waals surface area contributed by atoms with Crippen molar-refractivity contribution in [2.24, 2.45) is 0 Å². The molecule has 2 rings (SSSR count). The van der Waals surface area contributed by atoms with Crippen LogP contribution in [-0.4, -0.2) is 31.5 Å². The molecule has 0 radical (unpaired) electrons. The number of H-pyrrole nitrogens is 1. The summed E-state index contributed by atoms with van der Waals surface area (Å²) < 4.78 is 0.682. The summed E-state index contributed by atoms with van der Waals surface area (Å²) >= 11 is 3.25. The first-order valence-corrected chi connectivity index (χ1v) is 4.71. The minimum Gasteiger partial charge on any atom is -0.318 e. The molecule has 1 amide bonds. The fraction of sp³-hybridized carbons (Fsp3) is 0. The summed E-state index contributed by atoms with van der Waals surface area (Å²) in [6, 6.07) is 1.65. The normalized spacial score (nSPS) is 9.93. The monoisotopic (exact) mass is 268 g/mol. The minimum atomic E-state index is -0.435. The average molecular weight is 269 g/mol. The zero-order chi connectivity index (χ0) is 10.7. The van der Waals surface area contributed by atoms with Crippen LogP contribution < -0.4 is 5.32 Å². The molecule has 0 unspecified atom stereocenters. The van der Waals surface area contributed by atoms with E-state index in [0.717, 1.165) is 0 Å². The lowest BCUT2D eigenvalue weighted by Crippen LogP contribution is -2.14. The van der Waals surface area contributed by atoms with Gasteiger partial charge in [0.15, 0.2) is 0 Å². The molecule has 0 saturated heterocycles. The van der Waals surface area contributed by atoms with Crippen LogP contribution in [0.25, 0.3) is 0 Å². The Labute approximate surface area is 92.4 Å². The number of amides is 1. The number of aromatic amines is 1. The van der Waals surface area contributed by atoms with Crippen LogP contribution in [0, 0.1) is 0 Å². The topological polar surface area (TPSA) is 96.5 Å². The number of hydrogen-bond donors (Lipinski definition) is 2. The van der Waals surface area contributed by atoms with Gasteiger partial charge in [0.1, 0.15) is 0 Å². The number of aromatic nitrogens is 5. The van der Waals surface area contributed by atoms with Crippen LogP contribution in [0.5, 0.6) is 0 Å². The van der Waals surface area contributed by atoms with Gasteiger partial charge in [-0.15, -0.1) is 10.2 Å². The predicted molar refractivity (Wildman–Crippen MR) is 54.1 cm³/mol. The quantitative estimate of drug-likeness (QED) is 0.832. The maximum Gasteiger partial charge on any atom is 0.297 e. The Morgan fingerprint density at radius 2 is 2.40 bits per heavy atom. The molecule has 0 fully saturated rings. The number of halogens is 1. The molecule has 2 N–H and O–H groups in total. The second-order valence-corrected chi connectivity index (χ2v) is 3.40. The van der Waals surface area contributed by atoms with Gasteiger partial charge in [-0.1, -0.05) is 0 Å². The van der Waals surface area contributed by atoms with E-state index in [9.17, 15) is 4.79 Å². The summed E-state index contributed by atoms with van der Waals surface area (Å²) in [5.41, 5.74) is 0.597. The van der Waals surface area contributed by atoms with Gasteiger partial charge in [0.2, 0.25) is 0 Å². The first-order valence-electron chi connectivity index (χ1n) is 3.91. The van der Waals surface area contributed by atoms with Gasteiger partial charge < -0.3 is 5.32 Å². The molecule has 0 saturated carbocycles. The van der Waals surface area contributed by atoms with E-state index in [4.69, 9.17) is 0 Å². The van der Waals surface area contributed by atoms with Crippen molar-refractivity contribution in [3.63, 3.8) is 0 Å². The first-order chi connectivity index (χ1) is 7.27. The Morgan fingerprint density at radius 1 is 1.53 bits per heavy atom. The third kappa shape index (κ3) is 2.15. The largest absolute Gasteiger partial charge is 0.318 e. The highest BCUT2D eigenvalue weighted by Crippen LogP contribution is 2.19. The van der Waals surface area contributed by atoms with E-state index in [-0.39, 0.29) is 5.82 Å². The molecule has 0 aliphatic carbocycles. The van der Waals surface area contributed by atoms with Gasteiger partial charge in [-0.2, -0.15) is 5.21 Å². The highest BCUT2D eigenvalue weighted by molar-refractivity contribution is 9.10. The van der Waals surface area contributed by atoms with E-state index in [1.165, 1.54) is 0 Å². The molecule has 2 heterocycles. The summed E-state index contributed by atoms with van der Waals surface area (Å²) in [5.74, 6) is -0.450. The van der Waals surface area contributed by atoms with Gasteiger partial charge in [-0.3, -0.25) is 9.78 Å². The smallest absolute Gasteiger partial charge is 0.297 e. The molecule has 76 valence electrons. The van der Waals surface area contributed by atoms with Crippen LogP contribution in [-0.2, 0) is 0 Å². The molecule has 0 aliphatic rings. The Bertz CT molecular complexity index is 470. The van der Waals surface area contributed by atoms with E-state index in [1.807, 2.05) is 0 Å². The van der Waals surface area contributed by atoms with Crippen molar-refractivity contribution in [2.75, 3.05) is 5.32 Å². The fourth-order valence-corrected chi connectivity index (χ4v) is 1.26. The van der Waals surface area contributed by atoms with Crippen molar-refractivity contribution >= 4 is 27.5 Å². The average Bonchev–Trinajstić information content (AvgIpc) is 2.74. The molecule has 0 aromatic carbocycles. The second kappa shape index (κ2) is 4.13. The number of rotatable bonds is 2. The summed E-state index contributed by atoms with van der Waals surface area (Å²) in [5, 5.41) is 15.2. The van der Waals surface area contributed by atoms with Crippen molar-refractivity contribution < 1.29 is 4.79 Å². The van der Waals surface area contributed by atoms with Gasteiger partial charge in [0, 0.05) is 12.4 Å². The third-order valence-corrected chi connectivity index (χ3v) is 2.20. The third-order valence-electron chi connectivity index (χ3n) is 1.57. The van der Waals surface area contributed by atoms with Crippen molar-refractivity contribution in [1.29, 1.82) is 0 Å². The Balaban J connectivity index is 2.17. The van der Waals surface area contributed by atoms with Gasteiger partial charge in [-0.05, 0) is 27.2 Å². The number of nitrogens with zero attached hydrogens (tertiary/aromatic N) is 4. The summed E-state index contributed by atoms with van der Waals surface area (Å²) in [4.78, 5) is 15.4. The first kappa shape index (κ1) is 9.71. The van der Waals surface area contributed by atoms with Crippen LogP contribution in [0.3, 0.4) is 0 Å². The zero-order valence-corrected chi connectivity index (χ0v) is 8.89. The fourth-order valence-electron chi connectivity index (χ4n) is 0.913. The number of tetrazole rings is 1. The molecule has 0 spiro atoms. The Morgan fingerprint density at radius 3 is 3.07 bits per heavy atom. The Kier molecular flexibility index (Phi) is 2.68. The molecular formula is C7H5BrN6O. The molecule has 2 aromatic rings. The standard InChI is InChI=1S/C7H5BrN6O/c8-4-3-9-2-1-5(4)10-7(15)6-11-13-14-12-6/h1-3H,(H,9,10,15)(H,11,12,13,14). The molecule has 15 heavy (non-hydrogen) atoms. The van der Waals surface area contributed by atoms with Gasteiger partial charge in [0.25, 0.3) is 11.7 Å². The highest BCUT2D eigenvalue weighted by Gasteiger charge is 2.11. The van der Waals surface area contributed by atoms with Crippen molar-refractivity contribution in [2.45, 2.75) is 0 Å². The lowest BCUT2D eigenvalue weighted by Gasteiger charge is -2.03. The summed E-state index contributed by atoms with van der Waals surface area (Å²) in [7, 11) is 0. The van der Waals surface area contributed by atoms with Crippen molar-refractivity contribution in [3.05, 3.63) is 28.8 Å². The highest BCUT2D eigenvalue weighted by atomic mass is 79.9. The van der Waals surface area contributed by atoms with Gasteiger partial charge >= 0.3 is 0 Å². The van der Waals surface area contributed by atoms with Gasteiger partial charge in [0.05, 0.1) is 10.2 Å². The van der Waals surface area contributed by atoms with Crippen LogP contribution in [0.15, 0.2) is 22.9 Å². The van der Waals surface area contributed by atoms with Gasteiger partial charge in [-0.25, -0.2) is 0 Å². The molecule has 0 bridgehead atoms. The van der Waals surface area contributed by atoms with Crippen molar-refractivity contribution in [3.8, 4) is 0 Å². The summed E-state index contributed by atoms with van der Waals surface area (Å²) in [6.45, 7) is 0. The van der Waals surface area contributed by atoms with E-state index in [1.54, 1.807) is 18.5 Å². The Hall–Kier alpha value is -1.83. The zero-order valence-electron chi connectivity index (χ0n) is 7.31. The maximum atomic E-state index is 11.5. The number of carbonyl (C=O) groups excluding carboxylic acids is 1. The van der Waals surface area contributed by atoms with Crippen molar-refractivity contribution in [1.82, 2.24) is 25.6 Å². The number of carbonyl (C=O) groups is 1. The summed E-state index contributed by atoms with van der Waals surface area (Å²) in [6.07, 6.45) is 3.14. The van der Waals surface area contributed by atoms with E-state index in [2.05, 4.69) is 46.9 Å².